The zero-order valence-electron chi connectivity index (χ0n) is 10.1. The molecule has 0 atom stereocenters. The molecule has 6 nitrogen and oxygen atoms in total. The second kappa shape index (κ2) is 4.55. The van der Waals surface area contributed by atoms with Gasteiger partial charge in [0.05, 0.1) is 5.69 Å². The molecule has 1 fully saturated rings. The van der Waals surface area contributed by atoms with Gasteiger partial charge in [0.15, 0.2) is 5.65 Å². The highest BCUT2D eigenvalue weighted by molar-refractivity contribution is 5.40. The molecule has 96 valence electrons. The fourth-order valence-electron chi connectivity index (χ4n) is 2.38. The van der Waals surface area contributed by atoms with Crippen LogP contribution < -0.4 is 11.3 Å². The van der Waals surface area contributed by atoms with Gasteiger partial charge in [0.1, 0.15) is 0 Å². The lowest BCUT2D eigenvalue weighted by atomic mass is 9.97. The molecule has 18 heavy (non-hydrogen) atoms. The van der Waals surface area contributed by atoms with Crippen LogP contribution in [0.5, 0.6) is 0 Å². The molecular formula is C12H16N4O2. The van der Waals surface area contributed by atoms with Gasteiger partial charge in [-0.2, -0.15) is 0 Å². The number of aromatic nitrogens is 3. The molecule has 0 radical (unpaired) electrons. The number of nitrogens with one attached hydrogen (secondary N) is 1. The fraction of sp³-hybridized carbons (Fsp3) is 0.500. The first-order valence-corrected chi connectivity index (χ1v) is 6.17. The van der Waals surface area contributed by atoms with E-state index in [1.54, 1.807) is 0 Å². The molecule has 0 spiro atoms. The first kappa shape index (κ1) is 11.4. The van der Waals surface area contributed by atoms with Crippen molar-refractivity contribution in [2.24, 2.45) is 5.73 Å². The van der Waals surface area contributed by atoms with E-state index in [4.69, 9.17) is 10.5 Å². The van der Waals surface area contributed by atoms with E-state index in [0.29, 0.717) is 17.3 Å². The molecule has 2 aromatic heterocycles. The Balaban J connectivity index is 2.04. The standard InChI is InChI=1S/C12H16N4O2/c13-7-9-5-12(17)16-11(14-9)6-10(15-16)8-1-3-18-4-2-8/h5-6,8,15H,1-4,7,13H2. The first-order valence-electron chi connectivity index (χ1n) is 6.17. The van der Waals surface area contributed by atoms with Gasteiger partial charge in [-0.1, -0.05) is 0 Å². The van der Waals surface area contributed by atoms with E-state index in [-0.39, 0.29) is 12.1 Å². The largest absolute Gasteiger partial charge is 0.381 e. The summed E-state index contributed by atoms with van der Waals surface area (Å²) < 4.78 is 6.82. The zero-order valence-corrected chi connectivity index (χ0v) is 10.1. The average Bonchev–Trinajstić information content (AvgIpc) is 2.84. The monoisotopic (exact) mass is 248 g/mol. The van der Waals surface area contributed by atoms with E-state index in [1.807, 2.05) is 6.07 Å². The summed E-state index contributed by atoms with van der Waals surface area (Å²) in [5.74, 6) is 0.418. The predicted octanol–water partition coefficient (Wildman–Crippen LogP) is 0.375. The third kappa shape index (κ3) is 1.93. The van der Waals surface area contributed by atoms with Gasteiger partial charge in [0.2, 0.25) is 0 Å². The lowest BCUT2D eigenvalue weighted by molar-refractivity contribution is 0.0844. The Morgan fingerprint density at radius 1 is 1.44 bits per heavy atom. The maximum Gasteiger partial charge on any atom is 0.272 e. The highest BCUT2D eigenvalue weighted by Crippen LogP contribution is 2.25. The Kier molecular flexibility index (Phi) is 2.89. The zero-order chi connectivity index (χ0) is 12.5. The molecule has 0 saturated carbocycles. The second-order valence-electron chi connectivity index (χ2n) is 4.58. The molecule has 0 amide bonds. The minimum atomic E-state index is -0.112. The molecular weight excluding hydrogens is 232 g/mol. The smallest absolute Gasteiger partial charge is 0.272 e. The van der Waals surface area contributed by atoms with Crippen LogP contribution in [-0.2, 0) is 11.3 Å². The molecule has 0 bridgehead atoms. The van der Waals surface area contributed by atoms with E-state index in [0.717, 1.165) is 31.7 Å². The van der Waals surface area contributed by atoms with Crippen LogP contribution >= 0.6 is 0 Å². The maximum absolute atomic E-state index is 11.9. The van der Waals surface area contributed by atoms with Gasteiger partial charge in [-0.15, -0.1) is 0 Å². The summed E-state index contributed by atoms with van der Waals surface area (Å²) in [6, 6.07) is 3.41. The molecule has 3 rings (SSSR count). The molecule has 6 heteroatoms. The van der Waals surface area contributed by atoms with Gasteiger partial charge in [0, 0.05) is 43.5 Å². The van der Waals surface area contributed by atoms with Gasteiger partial charge in [0.25, 0.3) is 5.56 Å². The Hall–Kier alpha value is -1.66. The van der Waals surface area contributed by atoms with Crippen molar-refractivity contribution in [1.82, 2.24) is 14.6 Å². The van der Waals surface area contributed by atoms with E-state index >= 15 is 0 Å². The van der Waals surface area contributed by atoms with Crippen LogP contribution in [0.3, 0.4) is 0 Å². The normalized spacial score (nSPS) is 17.4. The van der Waals surface area contributed by atoms with Crippen molar-refractivity contribution in [1.29, 1.82) is 0 Å². The van der Waals surface area contributed by atoms with E-state index < -0.39 is 0 Å². The highest BCUT2D eigenvalue weighted by atomic mass is 16.5. The van der Waals surface area contributed by atoms with Crippen LogP contribution in [0.4, 0.5) is 0 Å². The van der Waals surface area contributed by atoms with Gasteiger partial charge in [-0.3, -0.25) is 9.89 Å². The van der Waals surface area contributed by atoms with Crippen LogP contribution in [0.15, 0.2) is 16.9 Å². The molecule has 3 N–H and O–H groups in total. The van der Waals surface area contributed by atoms with Crippen molar-refractivity contribution in [3.63, 3.8) is 0 Å². The van der Waals surface area contributed by atoms with Crippen molar-refractivity contribution in [2.75, 3.05) is 13.2 Å². The van der Waals surface area contributed by atoms with Crippen molar-refractivity contribution >= 4 is 5.65 Å². The van der Waals surface area contributed by atoms with Crippen LogP contribution in [0.1, 0.15) is 30.1 Å². The summed E-state index contributed by atoms with van der Waals surface area (Å²) in [7, 11) is 0. The molecule has 1 aliphatic heterocycles. The number of ether oxygens (including phenoxy) is 1. The quantitative estimate of drug-likeness (QED) is 0.804. The molecule has 0 unspecified atom stereocenters. The van der Waals surface area contributed by atoms with Crippen LogP contribution in [0.2, 0.25) is 0 Å². The minimum Gasteiger partial charge on any atom is -0.381 e. The number of fused-ring (bicyclic) bond motifs is 1. The fourth-order valence-corrected chi connectivity index (χ4v) is 2.38. The summed E-state index contributed by atoms with van der Waals surface area (Å²) in [5, 5.41) is 3.13. The topological polar surface area (TPSA) is 85.4 Å². The Morgan fingerprint density at radius 2 is 2.22 bits per heavy atom. The van der Waals surface area contributed by atoms with Crippen LogP contribution in [0.25, 0.3) is 5.65 Å². The molecule has 1 aliphatic rings. The summed E-state index contributed by atoms with van der Waals surface area (Å²) in [6.45, 7) is 1.83. The minimum absolute atomic E-state index is 0.112. The summed E-state index contributed by atoms with van der Waals surface area (Å²) in [5.41, 5.74) is 7.73. The molecule has 0 aliphatic carbocycles. The lowest BCUT2D eigenvalue weighted by Crippen LogP contribution is -2.18. The van der Waals surface area contributed by atoms with Gasteiger partial charge in [-0.05, 0) is 12.8 Å². The Labute approximate surface area is 104 Å². The number of nitrogens with two attached hydrogens (primary N) is 1. The third-order valence-corrected chi connectivity index (χ3v) is 3.39. The number of H-pyrrole nitrogens is 1. The molecule has 2 aromatic rings. The Morgan fingerprint density at radius 3 is 2.94 bits per heavy atom. The SMILES string of the molecule is NCc1cc(=O)n2[nH]c(C3CCOCC3)cc2n1. The van der Waals surface area contributed by atoms with E-state index in [2.05, 4.69) is 10.1 Å². The van der Waals surface area contributed by atoms with E-state index in [1.165, 1.54) is 10.6 Å². The van der Waals surface area contributed by atoms with Gasteiger partial charge >= 0.3 is 0 Å². The number of hydrogen-bond donors (Lipinski definition) is 2. The highest BCUT2D eigenvalue weighted by Gasteiger charge is 2.18. The van der Waals surface area contributed by atoms with Crippen LogP contribution in [0, 0.1) is 0 Å². The first-order chi connectivity index (χ1) is 8.78. The second-order valence-corrected chi connectivity index (χ2v) is 4.58. The molecule has 3 heterocycles. The van der Waals surface area contributed by atoms with Crippen molar-refractivity contribution in [3.05, 3.63) is 33.9 Å². The Bertz CT molecular complexity index is 610. The van der Waals surface area contributed by atoms with Crippen molar-refractivity contribution in [2.45, 2.75) is 25.3 Å². The van der Waals surface area contributed by atoms with Crippen molar-refractivity contribution < 1.29 is 4.74 Å². The molecule has 1 saturated heterocycles. The third-order valence-electron chi connectivity index (χ3n) is 3.39. The van der Waals surface area contributed by atoms with Gasteiger partial charge in [-0.25, -0.2) is 9.50 Å². The van der Waals surface area contributed by atoms with Crippen molar-refractivity contribution in [3.8, 4) is 0 Å². The maximum atomic E-state index is 11.9. The predicted molar refractivity (Wildman–Crippen MR) is 66.5 cm³/mol. The number of hydrogen-bond acceptors (Lipinski definition) is 4. The molecule has 0 aromatic carbocycles. The number of nitrogens with zero attached hydrogens (tertiary/aromatic N) is 2. The van der Waals surface area contributed by atoms with E-state index in [9.17, 15) is 4.79 Å². The lowest BCUT2D eigenvalue weighted by Gasteiger charge is -2.20. The average molecular weight is 248 g/mol. The number of aromatic amines is 1. The number of rotatable bonds is 2. The van der Waals surface area contributed by atoms with Gasteiger partial charge < -0.3 is 10.5 Å². The summed E-state index contributed by atoms with van der Waals surface area (Å²) in [6.07, 6.45) is 1.95. The summed E-state index contributed by atoms with van der Waals surface area (Å²) in [4.78, 5) is 16.2. The van der Waals surface area contributed by atoms with Crippen LogP contribution in [-0.4, -0.2) is 27.8 Å². The summed E-state index contributed by atoms with van der Waals surface area (Å²) >= 11 is 0.